The van der Waals surface area contributed by atoms with Gasteiger partial charge in [-0.15, -0.1) is 0 Å². The van der Waals surface area contributed by atoms with E-state index in [1.54, 1.807) is 0 Å². The number of hydrogen-bond acceptors (Lipinski definition) is 0. The summed E-state index contributed by atoms with van der Waals surface area (Å²) in [5.41, 5.74) is 0. The van der Waals surface area contributed by atoms with E-state index in [4.69, 9.17) is 0 Å². The molecule has 60 valence electrons. The Kier molecular flexibility index (Phi) is 6.40. The molecular formula is C9H20Ge. The Balaban J connectivity index is 3.71. The third-order valence-electron chi connectivity index (χ3n) is 1.95. The first-order valence-electron chi connectivity index (χ1n) is 4.39. The molecule has 0 saturated carbocycles. The average molecular weight is 201 g/mol. The van der Waals surface area contributed by atoms with Crippen LogP contribution in [0.3, 0.4) is 0 Å². The van der Waals surface area contributed by atoms with Crippen molar-refractivity contribution >= 4 is 19.8 Å². The summed E-state index contributed by atoms with van der Waals surface area (Å²) in [7, 11) is 0. The Morgan fingerprint density at radius 3 is 2.20 bits per heavy atom. The molecule has 0 aromatic heterocycles. The molecule has 0 aliphatic heterocycles. The Labute approximate surface area is 71.4 Å². The van der Waals surface area contributed by atoms with Gasteiger partial charge in [0, 0.05) is 0 Å². The van der Waals surface area contributed by atoms with Crippen molar-refractivity contribution in [1.82, 2.24) is 0 Å². The Morgan fingerprint density at radius 1 is 1.30 bits per heavy atom. The first-order chi connectivity index (χ1) is 4.72. The van der Waals surface area contributed by atoms with Crippen LogP contribution >= 0.6 is 0 Å². The summed E-state index contributed by atoms with van der Waals surface area (Å²) in [5.74, 6) is 0.924. The van der Waals surface area contributed by atoms with Gasteiger partial charge in [0.2, 0.25) is 0 Å². The van der Waals surface area contributed by atoms with E-state index in [0.29, 0.717) is 0 Å². The summed E-state index contributed by atoms with van der Waals surface area (Å²) in [6.07, 6.45) is 2.69. The second kappa shape index (κ2) is 6.14. The first-order valence-corrected chi connectivity index (χ1v) is 7.18. The fourth-order valence-electron chi connectivity index (χ4n) is 1.14. The number of hydrogen-bond donors (Lipinski definition) is 0. The predicted octanol–water partition coefficient (Wildman–Crippen LogP) is 2.49. The summed E-state index contributed by atoms with van der Waals surface area (Å²) >= 11 is 0.00810. The SMILES string of the molecule is CC[CH]=[GeH][CH](CC)C(C)C. The molecule has 0 aromatic rings. The Bertz CT molecular complexity index is 94.9. The van der Waals surface area contributed by atoms with Gasteiger partial charge in [-0.05, 0) is 0 Å². The summed E-state index contributed by atoms with van der Waals surface area (Å²) in [5, 5.41) is 0. The molecule has 1 unspecified atom stereocenters. The molecule has 0 N–H and O–H groups in total. The molecular weight excluding hydrogens is 181 g/mol. The second-order valence-corrected chi connectivity index (χ2v) is 6.75. The maximum atomic E-state index is 2.55. The Morgan fingerprint density at radius 2 is 1.90 bits per heavy atom. The average Bonchev–Trinajstić information content (AvgIpc) is 1.89. The minimum absolute atomic E-state index is 0.00810. The zero-order valence-corrected chi connectivity index (χ0v) is 10.1. The molecule has 0 aromatic carbocycles. The second-order valence-electron chi connectivity index (χ2n) is 3.15. The minimum atomic E-state index is 0.00810. The van der Waals surface area contributed by atoms with Gasteiger partial charge in [0.15, 0.2) is 0 Å². The van der Waals surface area contributed by atoms with Crippen LogP contribution in [-0.2, 0) is 0 Å². The van der Waals surface area contributed by atoms with Crippen molar-refractivity contribution in [3.8, 4) is 0 Å². The topological polar surface area (TPSA) is 0 Å². The predicted molar refractivity (Wildman–Crippen MR) is 52.4 cm³/mol. The third-order valence-corrected chi connectivity index (χ3v) is 7.15. The van der Waals surface area contributed by atoms with Crippen molar-refractivity contribution in [1.29, 1.82) is 0 Å². The fraction of sp³-hybridized carbons (Fsp3) is 0.889. The number of rotatable bonds is 4. The van der Waals surface area contributed by atoms with Crippen molar-refractivity contribution in [2.24, 2.45) is 5.92 Å². The molecule has 0 radical (unpaired) electrons. The molecule has 10 heavy (non-hydrogen) atoms. The summed E-state index contributed by atoms with van der Waals surface area (Å²) < 4.78 is 1.07. The van der Waals surface area contributed by atoms with E-state index in [1.165, 1.54) is 12.8 Å². The molecule has 0 aliphatic rings. The first kappa shape index (κ1) is 10.4. The molecule has 0 amide bonds. The van der Waals surface area contributed by atoms with Gasteiger partial charge < -0.3 is 0 Å². The van der Waals surface area contributed by atoms with Crippen LogP contribution in [0.25, 0.3) is 0 Å². The molecule has 0 rings (SSSR count). The van der Waals surface area contributed by atoms with Crippen molar-refractivity contribution in [3.63, 3.8) is 0 Å². The van der Waals surface area contributed by atoms with Crippen LogP contribution in [0.2, 0.25) is 4.75 Å². The van der Waals surface area contributed by atoms with Gasteiger partial charge in [-0.2, -0.15) is 0 Å². The standard InChI is InChI=1S/C9H20Ge/c1-5-7-10-9(6-2)8(3)4/h7-10H,5-6H2,1-4H3. The summed E-state index contributed by atoms with van der Waals surface area (Å²) in [4.78, 5) is 2.55. The zero-order valence-electron chi connectivity index (χ0n) is 7.72. The molecule has 0 fully saturated rings. The normalized spacial score (nSPS) is 14.9. The van der Waals surface area contributed by atoms with Gasteiger partial charge >= 0.3 is 71.0 Å². The van der Waals surface area contributed by atoms with Crippen LogP contribution in [0.1, 0.15) is 40.5 Å². The third kappa shape index (κ3) is 4.26. The van der Waals surface area contributed by atoms with Crippen LogP contribution in [0, 0.1) is 5.92 Å². The van der Waals surface area contributed by atoms with E-state index >= 15 is 0 Å². The van der Waals surface area contributed by atoms with Crippen LogP contribution in [0.4, 0.5) is 0 Å². The van der Waals surface area contributed by atoms with E-state index < -0.39 is 0 Å². The van der Waals surface area contributed by atoms with Gasteiger partial charge in [0.1, 0.15) is 0 Å². The molecule has 1 atom stereocenters. The van der Waals surface area contributed by atoms with E-state index in [9.17, 15) is 0 Å². The van der Waals surface area contributed by atoms with Crippen LogP contribution in [0.5, 0.6) is 0 Å². The molecule has 0 spiro atoms. The molecule has 0 bridgehead atoms. The zero-order chi connectivity index (χ0) is 7.98. The molecule has 0 nitrogen and oxygen atoms in total. The summed E-state index contributed by atoms with van der Waals surface area (Å²) in [6, 6.07) is 0. The van der Waals surface area contributed by atoms with E-state index in [1.807, 2.05) is 0 Å². The van der Waals surface area contributed by atoms with Gasteiger partial charge in [-0.25, -0.2) is 0 Å². The van der Waals surface area contributed by atoms with E-state index in [2.05, 4.69) is 32.5 Å². The maximum absolute atomic E-state index is 2.55. The van der Waals surface area contributed by atoms with Crippen molar-refractivity contribution in [2.75, 3.05) is 0 Å². The molecule has 1 heteroatoms. The monoisotopic (exact) mass is 202 g/mol. The van der Waals surface area contributed by atoms with Crippen molar-refractivity contribution in [2.45, 2.75) is 45.3 Å². The quantitative estimate of drug-likeness (QED) is 0.612. The van der Waals surface area contributed by atoms with Crippen LogP contribution in [0.15, 0.2) is 0 Å². The molecule has 0 aliphatic carbocycles. The fourth-order valence-corrected chi connectivity index (χ4v) is 3.95. The van der Waals surface area contributed by atoms with E-state index in [0.717, 1.165) is 10.7 Å². The summed E-state index contributed by atoms with van der Waals surface area (Å²) in [6.45, 7) is 9.29. The van der Waals surface area contributed by atoms with Gasteiger partial charge in [-0.3, -0.25) is 0 Å². The Hall–Kier alpha value is 0.413. The van der Waals surface area contributed by atoms with Gasteiger partial charge in [-0.1, -0.05) is 0 Å². The van der Waals surface area contributed by atoms with Crippen LogP contribution < -0.4 is 0 Å². The van der Waals surface area contributed by atoms with E-state index in [-0.39, 0.29) is 15.0 Å². The van der Waals surface area contributed by atoms with Crippen LogP contribution in [-0.4, -0.2) is 19.8 Å². The van der Waals surface area contributed by atoms with Gasteiger partial charge in [0.25, 0.3) is 0 Å². The van der Waals surface area contributed by atoms with Crippen molar-refractivity contribution < 1.29 is 0 Å². The van der Waals surface area contributed by atoms with Crippen molar-refractivity contribution in [3.05, 3.63) is 0 Å². The van der Waals surface area contributed by atoms with Gasteiger partial charge in [0.05, 0.1) is 0 Å². The molecule has 0 heterocycles. The molecule has 0 saturated heterocycles.